The van der Waals surface area contributed by atoms with Crippen LogP contribution in [0.25, 0.3) is 0 Å². The van der Waals surface area contributed by atoms with Gasteiger partial charge in [0.1, 0.15) is 5.75 Å². The van der Waals surface area contributed by atoms with Crippen LogP contribution in [0.15, 0.2) is 48.5 Å². The molecular weight excluding hydrogens is 372 g/mol. The third-order valence-corrected chi connectivity index (χ3v) is 4.54. The first-order valence-corrected chi connectivity index (χ1v) is 9.44. The van der Waals surface area contributed by atoms with E-state index < -0.39 is 30.5 Å². The Balaban J connectivity index is 1.93. The molecule has 0 radical (unpaired) electrons. The topological polar surface area (TPSA) is 108 Å². The number of hydrogen-bond donors (Lipinski definition) is 2. The van der Waals surface area contributed by atoms with Crippen LogP contribution in [0.5, 0.6) is 5.75 Å². The molecule has 0 fully saturated rings. The van der Waals surface area contributed by atoms with Crippen molar-refractivity contribution in [1.29, 1.82) is 0 Å². The number of nitrogens with two attached hydrogens (primary N) is 1. The van der Waals surface area contributed by atoms with Crippen LogP contribution in [-0.4, -0.2) is 30.5 Å². The summed E-state index contributed by atoms with van der Waals surface area (Å²) in [5.41, 5.74) is 7.15. The van der Waals surface area contributed by atoms with E-state index in [9.17, 15) is 14.4 Å². The van der Waals surface area contributed by atoms with Crippen molar-refractivity contribution in [3.8, 4) is 5.75 Å². The largest absolute Gasteiger partial charge is 0.481 e. The summed E-state index contributed by atoms with van der Waals surface area (Å²) < 4.78 is 10.5. The van der Waals surface area contributed by atoms with Crippen LogP contribution in [-0.2, 0) is 14.3 Å². The van der Waals surface area contributed by atoms with E-state index in [1.165, 1.54) is 19.1 Å². The molecule has 0 aromatic heterocycles. The molecule has 0 aliphatic carbocycles. The summed E-state index contributed by atoms with van der Waals surface area (Å²) >= 11 is 0. The maximum absolute atomic E-state index is 12.4. The van der Waals surface area contributed by atoms with Crippen LogP contribution >= 0.6 is 0 Å². The number of ether oxygens (including phenoxy) is 2. The lowest BCUT2D eigenvalue weighted by molar-refractivity contribution is -0.155. The molecule has 7 heteroatoms. The maximum Gasteiger partial charge on any atom is 0.344 e. The molecule has 0 bridgehead atoms. The highest BCUT2D eigenvalue weighted by Crippen LogP contribution is 2.26. The van der Waals surface area contributed by atoms with Crippen LogP contribution in [0.2, 0.25) is 0 Å². The Morgan fingerprint density at radius 1 is 1.03 bits per heavy atom. The number of para-hydroxylation sites is 2. The molecule has 0 aliphatic heterocycles. The molecule has 3 N–H and O–H groups in total. The normalized spacial score (nSPS) is 12.5. The molecule has 0 aliphatic rings. The Kier molecular flexibility index (Phi) is 7.77. The van der Waals surface area contributed by atoms with Crippen LogP contribution in [0.3, 0.4) is 0 Å². The number of carbonyl (C=O) groups excluding carboxylic acids is 3. The molecule has 2 rings (SSSR count). The fourth-order valence-electron chi connectivity index (χ4n) is 2.71. The number of nitrogens with one attached hydrogen (secondary N) is 1. The zero-order valence-corrected chi connectivity index (χ0v) is 16.8. The van der Waals surface area contributed by atoms with Gasteiger partial charge in [-0.25, -0.2) is 4.79 Å². The lowest BCUT2D eigenvalue weighted by Gasteiger charge is -2.18. The molecule has 2 aromatic carbocycles. The predicted molar refractivity (Wildman–Crippen MR) is 110 cm³/mol. The van der Waals surface area contributed by atoms with Gasteiger partial charge in [-0.2, -0.15) is 0 Å². The van der Waals surface area contributed by atoms with Crippen molar-refractivity contribution in [1.82, 2.24) is 0 Å². The average molecular weight is 398 g/mol. The minimum absolute atomic E-state index is 0.160. The highest BCUT2D eigenvalue weighted by atomic mass is 16.6. The van der Waals surface area contributed by atoms with Gasteiger partial charge >= 0.3 is 5.97 Å². The Labute approximate surface area is 170 Å². The molecule has 7 nitrogen and oxygen atoms in total. The number of carbonyl (C=O) groups is 3. The predicted octanol–water partition coefficient (Wildman–Crippen LogP) is 3.25. The molecular formula is C22H26N2O5. The quantitative estimate of drug-likeness (QED) is 0.631. The maximum atomic E-state index is 12.4. The highest BCUT2D eigenvalue weighted by molar-refractivity contribution is 5.96. The summed E-state index contributed by atoms with van der Waals surface area (Å²) in [4.78, 5) is 35.9. The first kappa shape index (κ1) is 21.9. The van der Waals surface area contributed by atoms with E-state index in [1.807, 2.05) is 24.3 Å². The fraction of sp³-hybridized carbons (Fsp3) is 0.318. The summed E-state index contributed by atoms with van der Waals surface area (Å²) in [5, 5.41) is 2.81. The summed E-state index contributed by atoms with van der Waals surface area (Å²) in [5.74, 6) is -1.38. The van der Waals surface area contributed by atoms with Gasteiger partial charge in [-0.05, 0) is 43.0 Å². The number of amides is 2. The molecule has 0 saturated heterocycles. The van der Waals surface area contributed by atoms with Crippen LogP contribution in [0.4, 0.5) is 5.69 Å². The van der Waals surface area contributed by atoms with Gasteiger partial charge in [-0.15, -0.1) is 0 Å². The molecule has 2 atom stereocenters. The third-order valence-electron chi connectivity index (χ3n) is 4.54. The third kappa shape index (κ3) is 6.07. The zero-order valence-electron chi connectivity index (χ0n) is 16.8. The van der Waals surface area contributed by atoms with Gasteiger partial charge in [-0.3, -0.25) is 9.59 Å². The summed E-state index contributed by atoms with van der Waals surface area (Å²) in [6, 6.07) is 13.8. The van der Waals surface area contributed by atoms with Crippen molar-refractivity contribution in [2.24, 2.45) is 5.73 Å². The second-order valence-corrected chi connectivity index (χ2v) is 6.67. The molecule has 2 amide bonds. The lowest BCUT2D eigenvalue weighted by Crippen LogP contribution is -2.32. The lowest BCUT2D eigenvalue weighted by atomic mass is 9.97. The molecule has 0 heterocycles. The molecule has 2 aromatic rings. The van der Waals surface area contributed by atoms with Crippen LogP contribution < -0.4 is 15.8 Å². The summed E-state index contributed by atoms with van der Waals surface area (Å²) in [6.45, 7) is 5.18. The highest BCUT2D eigenvalue weighted by Gasteiger charge is 2.20. The van der Waals surface area contributed by atoms with E-state index in [1.54, 1.807) is 12.1 Å². The van der Waals surface area contributed by atoms with Crippen LogP contribution in [0.1, 0.15) is 49.0 Å². The second-order valence-electron chi connectivity index (χ2n) is 6.67. The average Bonchev–Trinajstić information content (AvgIpc) is 2.72. The van der Waals surface area contributed by atoms with Gasteiger partial charge in [0.15, 0.2) is 12.7 Å². The monoisotopic (exact) mass is 398 g/mol. The Hall–Kier alpha value is -3.35. The molecule has 0 unspecified atom stereocenters. The number of anilines is 1. The van der Waals surface area contributed by atoms with Gasteiger partial charge in [0, 0.05) is 5.69 Å². The number of primary amides is 1. The number of hydrogen-bond acceptors (Lipinski definition) is 5. The molecule has 154 valence electrons. The van der Waals surface area contributed by atoms with Crippen molar-refractivity contribution in [3.05, 3.63) is 59.7 Å². The Morgan fingerprint density at radius 2 is 1.69 bits per heavy atom. The van der Waals surface area contributed by atoms with E-state index in [0.717, 1.165) is 12.0 Å². The Morgan fingerprint density at radius 3 is 2.38 bits per heavy atom. The van der Waals surface area contributed by atoms with Crippen molar-refractivity contribution < 1.29 is 23.9 Å². The summed E-state index contributed by atoms with van der Waals surface area (Å²) in [6.07, 6.45) is -0.0795. The zero-order chi connectivity index (χ0) is 21.4. The van der Waals surface area contributed by atoms with Crippen molar-refractivity contribution >= 4 is 23.5 Å². The fourth-order valence-corrected chi connectivity index (χ4v) is 2.71. The van der Waals surface area contributed by atoms with Gasteiger partial charge in [0.25, 0.3) is 11.8 Å². The summed E-state index contributed by atoms with van der Waals surface area (Å²) in [7, 11) is 0. The minimum Gasteiger partial charge on any atom is -0.481 e. The van der Waals surface area contributed by atoms with Crippen molar-refractivity contribution in [2.75, 3.05) is 11.9 Å². The minimum atomic E-state index is -1.01. The van der Waals surface area contributed by atoms with Crippen molar-refractivity contribution in [3.63, 3.8) is 0 Å². The van der Waals surface area contributed by atoms with Gasteiger partial charge < -0.3 is 20.5 Å². The number of benzene rings is 2. The molecule has 0 spiro atoms. The van der Waals surface area contributed by atoms with Crippen molar-refractivity contribution in [2.45, 2.75) is 39.2 Å². The SMILES string of the molecule is CC[C@H](C)c1ccccc1NC(=O)[C@H](C)OC(=O)COc1ccccc1C(N)=O. The Bertz CT molecular complexity index is 881. The van der Waals surface area contributed by atoms with E-state index in [0.29, 0.717) is 5.69 Å². The molecule has 0 saturated carbocycles. The molecule has 29 heavy (non-hydrogen) atoms. The smallest absolute Gasteiger partial charge is 0.344 e. The van der Waals surface area contributed by atoms with E-state index in [4.69, 9.17) is 15.2 Å². The van der Waals surface area contributed by atoms with E-state index in [-0.39, 0.29) is 17.2 Å². The van der Waals surface area contributed by atoms with Gasteiger partial charge in [0.2, 0.25) is 0 Å². The standard InChI is InChI=1S/C22H26N2O5/c1-4-14(2)16-9-5-7-11-18(16)24-22(27)15(3)29-20(25)13-28-19-12-8-6-10-17(19)21(23)26/h5-12,14-15H,4,13H2,1-3H3,(H2,23,26)(H,24,27)/t14-,15-/m0/s1. The van der Waals surface area contributed by atoms with Gasteiger partial charge in [0.05, 0.1) is 5.56 Å². The number of esters is 1. The number of rotatable bonds is 9. The van der Waals surface area contributed by atoms with Gasteiger partial charge in [-0.1, -0.05) is 44.2 Å². The second kappa shape index (κ2) is 10.3. The first-order chi connectivity index (χ1) is 13.8. The van der Waals surface area contributed by atoms with Crippen LogP contribution in [0, 0.1) is 0 Å². The first-order valence-electron chi connectivity index (χ1n) is 9.44. The van der Waals surface area contributed by atoms with E-state index in [2.05, 4.69) is 19.2 Å². The van der Waals surface area contributed by atoms with E-state index >= 15 is 0 Å².